The maximum absolute atomic E-state index is 12.3. The monoisotopic (exact) mass is 284 g/mol. The van der Waals surface area contributed by atoms with Crippen molar-refractivity contribution >= 4 is 23.8 Å². The predicted octanol–water partition coefficient (Wildman–Crippen LogP) is 0.679. The van der Waals surface area contributed by atoms with Crippen molar-refractivity contribution in [2.75, 3.05) is 7.11 Å². The minimum atomic E-state index is -1.39. The lowest BCUT2D eigenvalue weighted by Crippen LogP contribution is -2.65. The van der Waals surface area contributed by atoms with Gasteiger partial charge in [0, 0.05) is 0 Å². The predicted molar refractivity (Wildman–Crippen MR) is 69.4 cm³/mol. The molecule has 1 heterocycles. The number of amides is 4. The smallest absolute Gasteiger partial charge is 0.331 e. The first-order valence-electron chi connectivity index (χ1n) is 6.39. The fourth-order valence-electron chi connectivity index (χ4n) is 1.98. The van der Waals surface area contributed by atoms with E-state index in [0.717, 1.165) is 4.90 Å². The second-order valence-corrected chi connectivity index (χ2v) is 5.73. The average Bonchev–Trinajstić information content (AvgIpc) is 2.34. The zero-order valence-corrected chi connectivity index (χ0v) is 12.4. The van der Waals surface area contributed by atoms with Crippen LogP contribution in [0.3, 0.4) is 0 Å². The van der Waals surface area contributed by atoms with Crippen molar-refractivity contribution in [1.29, 1.82) is 0 Å². The van der Waals surface area contributed by atoms with Crippen LogP contribution in [0.25, 0.3) is 0 Å². The normalized spacial score (nSPS) is 19.9. The molecule has 1 saturated heterocycles. The Balaban J connectivity index is 3.17. The summed E-state index contributed by atoms with van der Waals surface area (Å²) in [4.78, 5) is 48.6. The van der Waals surface area contributed by atoms with E-state index >= 15 is 0 Å². The third kappa shape index (κ3) is 2.81. The number of carbonyl (C=O) groups is 4. The zero-order valence-electron chi connectivity index (χ0n) is 12.4. The molecule has 0 bridgehead atoms. The van der Waals surface area contributed by atoms with Crippen LogP contribution in [0, 0.1) is 11.3 Å². The highest BCUT2D eigenvalue weighted by molar-refractivity contribution is 6.19. The Labute approximate surface area is 117 Å². The van der Waals surface area contributed by atoms with Crippen molar-refractivity contribution in [3.05, 3.63) is 0 Å². The second-order valence-electron chi connectivity index (χ2n) is 5.73. The quantitative estimate of drug-likeness (QED) is 0.605. The summed E-state index contributed by atoms with van der Waals surface area (Å²) in [6.07, 6.45) is 0.274. The van der Waals surface area contributed by atoms with Crippen LogP contribution in [0.4, 0.5) is 4.79 Å². The Morgan fingerprint density at radius 1 is 1.30 bits per heavy atom. The highest BCUT2D eigenvalue weighted by atomic mass is 16.5. The number of nitrogens with one attached hydrogen (secondary N) is 1. The van der Waals surface area contributed by atoms with Gasteiger partial charge in [0.25, 0.3) is 0 Å². The van der Waals surface area contributed by atoms with Gasteiger partial charge in [0.1, 0.15) is 11.5 Å². The molecule has 0 aliphatic carbocycles. The molecule has 1 atom stereocenters. The van der Waals surface area contributed by atoms with Crippen LogP contribution >= 0.6 is 0 Å². The lowest BCUT2D eigenvalue weighted by Gasteiger charge is -2.38. The van der Waals surface area contributed by atoms with Crippen molar-refractivity contribution in [3.63, 3.8) is 0 Å². The van der Waals surface area contributed by atoms with Gasteiger partial charge in [-0.3, -0.25) is 14.9 Å². The third-order valence-electron chi connectivity index (χ3n) is 3.24. The summed E-state index contributed by atoms with van der Waals surface area (Å²) in [7, 11) is 1.19. The number of hydrogen-bond donors (Lipinski definition) is 1. The molecule has 112 valence electrons. The minimum Gasteiger partial charge on any atom is -0.467 e. The minimum absolute atomic E-state index is 0.0699. The number of hydrogen-bond acceptors (Lipinski definition) is 5. The number of ether oxygens (including phenoxy) is 1. The zero-order chi connectivity index (χ0) is 15.7. The molecule has 0 aromatic heterocycles. The van der Waals surface area contributed by atoms with E-state index < -0.39 is 35.3 Å². The number of carbonyl (C=O) groups excluding carboxylic acids is 4. The maximum Gasteiger partial charge on any atom is 0.331 e. The Morgan fingerprint density at radius 3 is 2.30 bits per heavy atom. The van der Waals surface area contributed by atoms with Gasteiger partial charge < -0.3 is 4.74 Å². The first kappa shape index (κ1) is 16.1. The summed E-state index contributed by atoms with van der Waals surface area (Å²) in [5.74, 6) is -1.97. The first-order valence-corrected chi connectivity index (χ1v) is 6.39. The van der Waals surface area contributed by atoms with Crippen LogP contribution in [0.1, 0.15) is 34.1 Å². The van der Waals surface area contributed by atoms with Gasteiger partial charge in [-0.15, -0.1) is 0 Å². The Kier molecular flexibility index (Phi) is 4.52. The first-order chi connectivity index (χ1) is 9.12. The number of rotatable bonds is 4. The standard InChI is InChI=1S/C13H20N2O5/c1-7(2)6-8(9(16)20-5)15-11(18)13(3,4)10(17)14-12(15)19/h7-8H,6H2,1-5H3,(H,14,17,19). The van der Waals surface area contributed by atoms with Crippen LogP contribution in [0.5, 0.6) is 0 Å². The van der Waals surface area contributed by atoms with Gasteiger partial charge in [-0.05, 0) is 26.2 Å². The Morgan fingerprint density at radius 2 is 1.85 bits per heavy atom. The molecule has 0 aromatic rings. The molecule has 20 heavy (non-hydrogen) atoms. The number of barbiturate groups is 1. The number of imide groups is 2. The van der Waals surface area contributed by atoms with E-state index in [4.69, 9.17) is 0 Å². The van der Waals surface area contributed by atoms with Gasteiger partial charge in [0.15, 0.2) is 0 Å². The second kappa shape index (κ2) is 5.60. The van der Waals surface area contributed by atoms with Crippen LogP contribution < -0.4 is 5.32 Å². The molecule has 7 nitrogen and oxygen atoms in total. The van der Waals surface area contributed by atoms with E-state index in [0.29, 0.717) is 0 Å². The Hall–Kier alpha value is -1.92. The van der Waals surface area contributed by atoms with E-state index in [2.05, 4.69) is 10.1 Å². The van der Waals surface area contributed by atoms with Crippen molar-refractivity contribution in [3.8, 4) is 0 Å². The lowest BCUT2D eigenvalue weighted by atomic mass is 9.87. The number of nitrogens with zero attached hydrogens (tertiary/aromatic N) is 1. The van der Waals surface area contributed by atoms with Gasteiger partial charge in [-0.2, -0.15) is 0 Å². The van der Waals surface area contributed by atoms with E-state index in [-0.39, 0.29) is 12.3 Å². The molecule has 0 aromatic carbocycles. The summed E-state index contributed by atoms with van der Waals surface area (Å²) in [5, 5.41) is 2.10. The summed E-state index contributed by atoms with van der Waals surface area (Å²) in [5.41, 5.74) is -1.39. The molecule has 1 N–H and O–H groups in total. The number of esters is 1. The topological polar surface area (TPSA) is 92.8 Å². The average molecular weight is 284 g/mol. The van der Waals surface area contributed by atoms with Gasteiger partial charge in [-0.1, -0.05) is 13.8 Å². The van der Waals surface area contributed by atoms with E-state index in [1.54, 1.807) is 0 Å². The van der Waals surface area contributed by atoms with E-state index in [9.17, 15) is 19.2 Å². The molecule has 0 radical (unpaired) electrons. The summed E-state index contributed by atoms with van der Waals surface area (Å²) < 4.78 is 4.66. The molecular weight excluding hydrogens is 264 g/mol. The van der Waals surface area contributed by atoms with E-state index in [1.807, 2.05) is 13.8 Å². The molecule has 1 aliphatic heterocycles. The van der Waals surface area contributed by atoms with Crippen LogP contribution in [-0.2, 0) is 19.1 Å². The molecule has 7 heteroatoms. The highest BCUT2D eigenvalue weighted by Gasteiger charge is 2.50. The molecule has 1 rings (SSSR count). The third-order valence-corrected chi connectivity index (χ3v) is 3.24. The molecule has 1 fully saturated rings. The summed E-state index contributed by atoms with van der Waals surface area (Å²) in [6.45, 7) is 6.54. The molecule has 0 spiro atoms. The van der Waals surface area contributed by atoms with Crippen LogP contribution in [0.15, 0.2) is 0 Å². The van der Waals surface area contributed by atoms with Crippen LogP contribution in [0.2, 0.25) is 0 Å². The van der Waals surface area contributed by atoms with Crippen molar-refractivity contribution in [2.24, 2.45) is 11.3 Å². The summed E-state index contributed by atoms with van der Waals surface area (Å²) >= 11 is 0. The van der Waals surface area contributed by atoms with Gasteiger partial charge in [-0.25, -0.2) is 14.5 Å². The van der Waals surface area contributed by atoms with Gasteiger partial charge in [0.05, 0.1) is 7.11 Å². The van der Waals surface area contributed by atoms with E-state index in [1.165, 1.54) is 21.0 Å². The summed E-state index contributed by atoms with van der Waals surface area (Å²) in [6, 6.07) is -1.91. The number of urea groups is 1. The maximum atomic E-state index is 12.3. The highest BCUT2D eigenvalue weighted by Crippen LogP contribution is 2.27. The van der Waals surface area contributed by atoms with Crippen molar-refractivity contribution in [2.45, 2.75) is 40.2 Å². The molecule has 4 amide bonds. The van der Waals surface area contributed by atoms with Crippen molar-refractivity contribution in [1.82, 2.24) is 10.2 Å². The van der Waals surface area contributed by atoms with Gasteiger partial charge in [0.2, 0.25) is 11.8 Å². The fourth-order valence-corrected chi connectivity index (χ4v) is 1.98. The molecule has 0 saturated carbocycles. The number of methoxy groups -OCH3 is 1. The van der Waals surface area contributed by atoms with Crippen molar-refractivity contribution < 1.29 is 23.9 Å². The molecule has 1 aliphatic rings. The Bertz CT molecular complexity index is 456. The van der Waals surface area contributed by atoms with Gasteiger partial charge >= 0.3 is 12.0 Å². The molecule has 1 unspecified atom stereocenters. The van der Waals surface area contributed by atoms with Crippen LogP contribution in [-0.4, -0.2) is 41.9 Å². The lowest BCUT2D eigenvalue weighted by molar-refractivity contribution is -0.159. The fraction of sp³-hybridized carbons (Fsp3) is 0.692. The molecular formula is C13H20N2O5. The largest absolute Gasteiger partial charge is 0.467 e. The SMILES string of the molecule is COC(=O)C(CC(C)C)N1C(=O)NC(=O)C(C)(C)C1=O.